The first-order chi connectivity index (χ1) is 9.68. The van der Waals surface area contributed by atoms with Crippen LogP contribution in [0.15, 0.2) is 18.2 Å². The smallest absolute Gasteiger partial charge is 0.240 e. The highest BCUT2D eigenvalue weighted by Crippen LogP contribution is 2.41. The van der Waals surface area contributed by atoms with Gasteiger partial charge in [0.1, 0.15) is 10.8 Å². The fourth-order valence-corrected chi connectivity index (χ4v) is 2.55. The third-order valence-electron chi connectivity index (χ3n) is 4.21. The molecule has 0 saturated carbocycles. The normalized spacial score (nSPS) is 22.2. The molecule has 1 fully saturated rings. The van der Waals surface area contributed by atoms with E-state index in [-0.39, 0.29) is 34.7 Å². The zero-order valence-corrected chi connectivity index (χ0v) is 13.0. The number of hydrogen-bond acceptors (Lipinski definition) is 3. The van der Waals surface area contributed by atoms with Crippen molar-refractivity contribution >= 4 is 34.7 Å². The molecule has 0 radical (unpaired) electrons. The predicted octanol–water partition coefficient (Wildman–Crippen LogP) is 2.39. The summed E-state index contributed by atoms with van der Waals surface area (Å²) in [6, 6.07) is 3.90. The summed E-state index contributed by atoms with van der Waals surface area (Å²) in [6.07, 6.45) is 0.142. The van der Waals surface area contributed by atoms with Gasteiger partial charge in [-0.05, 0) is 31.0 Å². The van der Waals surface area contributed by atoms with Gasteiger partial charge < -0.3 is 5.73 Å². The number of anilines is 1. The van der Waals surface area contributed by atoms with Crippen molar-refractivity contribution in [2.75, 3.05) is 4.90 Å². The molecule has 1 aromatic rings. The predicted molar refractivity (Wildman–Crippen MR) is 82.3 cm³/mol. The van der Waals surface area contributed by atoms with E-state index in [1.807, 2.05) is 13.8 Å². The van der Waals surface area contributed by atoms with Gasteiger partial charge in [-0.3, -0.25) is 14.5 Å². The number of nitrogens with two attached hydrogens (primary N) is 1. The second-order valence-corrected chi connectivity index (χ2v) is 6.25. The van der Waals surface area contributed by atoms with Gasteiger partial charge in [0.2, 0.25) is 11.8 Å². The van der Waals surface area contributed by atoms with Crippen molar-refractivity contribution in [2.24, 2.45) is 17.1 Å². The molecule has 0 bridgehead atoms. The Kier molecular flexibility index (Phi) is 3.84. The van der Waals surface area contributed by atoms with Crippen LogP contribution in [0.5, 0.6) is 0 Å². The third kappa shape index (κ3) is 2.44. The number of carbonyl (C=O) groups excluding carboxylic acids is 2. The maximum Gasteiger partial charge on any atom is 0.240 e. The van der Waals surface area contributed by atoms with E-state index in [0.29, 0.717) is 5.69 Å². The maximum atomic E-state index is 13.6. The first kappa shape index (κ1) is 15.6. The van der Waals surface area contributed by atoms with E-state index in [1.54, 1.807) is 6.92 Å². The Morgan fingerprint density at radius 3 is 2.52 bits per heavy atom. The summed E-state index contributed by atoms with van der Waals surface area (Å²) in [6.45, 7) is 5.58. The number of imide groups is 1. The number of hydrogen-bond donors (Lipinski definition) is 1. The van der Waals surface area contributed by atoms with Gasteiger partial charge in [0.15, 0.2) is 0 Å². The standard InChI is InChI=1S/C15H17FN2O2S/c1-8(2)15(3)7-12(19)18(14(15)20)9-4-5-11(16)10(6-9)13(17)21/h4-6,8H,7H2,1-3H3,(H2,17,21). The van der Waals surface area contributed by atoms with E-state index >= 15 is 0 Å². The van der Waals surface area contributed by atoms with Crippen molar-refractivity contribution in [1.82, 2.24) is 0 Å². The second-order valence-electron chi connectivity index (χ2n) is 5.81. The fourth-order valence-electron chi connectivity index (χ4n) is 2.39. The molecule has 2 amide bonds. The summed E-state index contributed by atoms with van der Waals surface area (Å²) < 4.78 is 13.6. The molecule has 0 aromatic heterocycles. The van der Waals surface area contributed by atoms with Gasteiger partial charge in [-0.1, -0.05) is 26.1 Å². The van der Waals surface area contributed by atoms with Gasteiger partial charge in [-0.15, -0.1) is 0 Å². The molecule has 2 N–H and O–H groups in total. The Morgan fingerprint density at radius 1 is 1.43 bits per heavy atom. The van der Waals surface area contributed by atoms with E-state index in [9.17, 15) is 14.0 Å². The van der Waals surface area contributed by atoms with Crippen LogP contribution in [0.2, 0.25) is 0 Å². The molecule has 1 atom stereocenters. The average molecular weight is 308 g/mol. The van der Waals surface area contributed by atoms with Gasteiger partial charge in [0, 0.05) is 12.0 Å². The highest BCUT2D eigenvalue weighted by Gasteiger charge is 2.50. The minimum absolute atomic E-state index is 0.0226. The minimum Gasteiger partial charge on any atom is -0.389 e. The van der Waals surface area contributed by atoms with E-state index < -0.39 is 11.2 Å². The first-order valence-corrected chi connectivity index (χ1v) is 7.06. The Morgan fingerprint density at radius 2 is 2.05 bits per heavy atom. The van der Waals surface area contributed by atoms with E-state index in [1.165, 1.54) is 12.1 Å². The summed E-state index contributed by atoms with van der Waals surface area (Å²) >= 11 is 4.78. The lowest BCUT2D eigenvalue weighted by Crippen LogP contribution is -2.37. The summed E-state index contributed by atoms with van der Waals surface area (Å²) in [7, 11) is 0. The van der Waals surface area contributed by atoms with Gasteiger partial charge in [-0.2, -0.15) is 0 Å². The number of carbonyl (C=O) groups is 2. The molecule has 1 aliphatic rings. The molecule has 0 aliphatic carbocycles. The molecular formula is C15H17FN2O2S. The lowest BCUT2D eigenvalue weighted by atomic mass is 9.78. The lowest BCUT2D eigenvalue weighted by molar-refractivity contribution is -0.126. The molecule has 0 spiro atoms. The van der Waals surface area contributed by atoms with Gasteiger partial charge in [-0.25, -0.2) is 4.39 Å². The van der Waals surface area contributed by atoms with Crippen molar-refractivity contribution in [3.63, 3.8) is 0 Å². The highest BCUT2D eigenvalue weighted by atomic mass is 32.1. The van der Waals surface area contributed by atoms with Gasteiger partial charge >= 0.3 is 0 Å². The van der Waals surface area contributed by atoms with Gasteiger partial charge in [0.25, 0.3) is 0 Å². The minimum atomic E-state index is -0.741. The van der Waals surface area contributed by atoms with Crippen LogP contribution in [0.25, 0.3) is 0 Å². The average Bonchev–Trinajstić information content (AvgIpc) is 2.62. The summed E-state index contributed by atoms with van der Waals surface area (Å²) in [5.41, 5.74) is 5.05. The Bertz CT molecular complexity index is 645. The first-order valence-electron chi connectivity index (χ1n) is 6.65. The zero-order valence-electron chi connectivity index (χ0n) is 12.1. The maximum absolute atomic E-state index is 13.6. The van der Waals surface area contributed by atoms with Crippen LogP contribution in [-0.4, -0.2) is 16.8 Å². The van der Waals surface area contributed by atoms with Gasteiger partial charge in [0.05, 0.1) is 11.1 Å². The molecule has 112 valence electrons. The molecule has 2 rings (SSSR count). The highest BCUT2D eigenvalue weighted by molar-refractivity contribution is 7.80. The zero-order chi connectivity index (χ0) is 15.9. The quantitative estimate of drug-likeness (QED) is 0.688. The molecule has 1 saturated heterocycles. The van der Waals surface area contributed by atoms with Crippen molar-refractivity contribution in [2.45, 2.75) is 27.2 Å². The van der Waals surface area contributed by atoms with Crippen LogP contribution in [0.4, 0.5) is 10.1 Å². The third-order valence-corrected chi connectivity index (χ3v) is 4.43. The van der Waals surface area contributed by atoms with Crippen LogP contribution < -0.4 is 10.6 Å². The fraction of sp³-hybridized carbons (Fsp3) is 0.400. The van der Waals surface area contributed by atoms with Crippen molar-refractivity contribution < 1.29 is 14.0 Å². The number of thiocarbonyl (C=S) groups is 1. The summed E-state index contributed by atoms with van der Waals surface area (Å²) in [5, 5.41) is 0. The van der Waals surface area contributed by atoms with Crippen molar-refractivity contribution in [3.8, 4) is 0 Å². The largest absolute Gasteiger partial charge is 0.389 e. The van der Waals surface area contributed by atoms with Crippen LogP contribution in [0, 0.1) is 17.2 Å². The summed E-state index contributed by atoms with van der Waals surface area (Å²) in [4.78, 5) is 25.8. The Labute approximate surface area is 128 Å². The topological polar surface area (TPSA) is 63.4 Å². The Hall–Kier alpha value is -1.82. The molecule has 6 heteroatoms. The van der Waals surface area contributed by atoms with Crippen molar-refractivity contribution in [3.05, 3.63) is 29.6 Å². The number of halogens is 1. The summed E-state index contributed by atoms with van der Waals surface area (Å²) in [5.74, 6) is -1.12. The molecule has 1 aliphatic heterocycles. The van der Waals surface area contributed by atoms with E-state index in [0.717, 1.165) is 11.0 Å². The lowest BCUT2D eigenvalue weighted by Gasteiger charge is -2.26. The molecule has 1 aromatic carbocycles. The molecule has 1 heterocycles. The molecule has 1 unspecified atom stereocenters. The number of nitrogens with zero attached hydrogens (tertiary/aromatic N) is 1. The SMILES string of the molecule is CC(C)C1(C)CC(=O)N(c2ccc(F)c(C(N)=S)c2)C1=O. The van der Waals surface area contributed by atoms with E-state index in [4.69, 9.17) is 18.0 Å². The van der Waals surface area contributed by atoms with Crippen LogP contribution in [-0.2, 0) is 9.59 Å². The number of amides is 2. The van der Waals surface area contributed by atoms with Crippen molar-refractivity contribution in [1.29, 1.82) is 0 Å². The van der Waals surface area contributed by atoms with Crippen LogP contribution >= 0.6 is 12.2 Å². The molecule has 4 nitrogen and oxygen atoms in total. The van der Waals surface area contributed by atoms with E-state index in [2.05, 4.69) is 0 Å². The van der Waals surface area contributed by atoms with Crippen LogP contribution in [0.3, 0.4) is 0 Å². The van der Waals surface area contributed by atoms with Crippen LogP contribution in [0.1, 0.15) is 32.8 Å². The Balaban J connectivity index is 2.48. The number of rotatable bonds is 3. The monoisotopic (exact) mass is 308 g/mol. The molecule has 21 heavy (non-hydrogen) atoms. The number of benzene rings is 1. The second kappa shape index (κ2) is 5.18. The molecular weight excluding hydrogens is 291 g/mol.